The molecule has 0 aromatic heterocycles. The molecule has 5 nitrogen and oxygen atoms in total. The molecule has 2 aromatic carbocycles. The molecule has 0 aliphatic rings. The lowest BCUT2D eigenvalue weighted by Crippen LogP contribution is -2.42. The third-order valence-electron chi connectivity index (χ3n) is 4.47. The van der Waals surface area contributed by atoms with Crippen LogP contribution in [0.15, 0.2) is 42.5 Å². The van der Waals surface area contributed by atoms with Gasteiger partial charge in [-0.2, -0.15) is 0 Å². The summed E-state index contributed by atoms with van der Waals surface area (Å²) < 4.78 is 10.5. The molecule has 0 saturated carbocycles. The first kappa shape index (κ1) is 19.6. The average Bonchev–Trinajstić information content (AvgIpc) is 2.64. The van der Waals surface area contributed by atoms with Gasteiger partial charge < -0.3 is 20.1 Å². The molecule has 0 aliphatic heterocycles. The molecular weight excluding hydrogens is 328 g/mol. The summed E-state index contributed by atoms with van der Waals surface area (Å²) in [6, 6.07) is 13.7. The predicted octanol–water partition coefficient (Wildman–Crippen LogP) is 3.79. The lowest BCUT2D eigenvalue weighted by Gasteiger charge is -2.27. The fourth-order valence-electron chi connectivity index (χ4n) is 2.96. The summed E-state index contributed by atoms with van der Waals surface area (Å²) in [4.78, 5) is 12.2. The van der Waals surface area contributed by atoms with Gasteiger partial charge in [0.15, 0.2) is 11.5 Å². The highest BCUT2D eigenvalue weighted by Gasteiger charge is 2.22. The van der Waals surface area contributed by atoms with Crippen molar-refractivity contribution in [2.75, 3.05) is 20.8 Å². The summed E-state index contributed by atoms with van der Waals surface area (Å²) in [5, 5.41) is 5.84. The Hall–Kier alpha value is -2.69. The van der Waals surface area contributed by atoms with Gasteiger partial charge in [0.25, 0.3) is 0 Å². The lowest BCUT2D eigenvalue weighted by molar-refractivity contribution is 0.238. The highest BCUT2D eigenvalue weighted by molar-refractivity contribution is 5.74. The van der Waals surface area contributed by atoms with Crippen LogP contribution in [0.25, 0.3) is 0 Å². The van der Waals surface area contributed by atoms with Crippen LogP contribution in [0.4, 0.5) is 4.79 Å². The molecule has 0 bridgehead atoms. The van der Waals surface area contributed by atoms with Crippen molar-refractivity contribution in [3.8, 4) is 11.5 Å². The number of hydrogen-bond acceptors (Lipinski definition) is 3. The Morgan fingerprint density at radius 1 is 1.00 bits per heavy atom. The number of benzene rings is 2. The van der Waals surface area contributed by atoms with Gasteiger partial charge in [0.05, 0.1) is 14.2 Å². The van der Waals surface area contributed by atoms with E-state index < -0.39 is 0 Å². The van der Waals surface area contributed by atoms with E-state index in [0.29, 0.717) is 24.6 Å². The van der Waals surface area contributed by atoms with Crippen LogP contribution in [-0.2, 0) is 12.0 Å². The molecule has 2 amide bonds. The Bertz CT molecular complexity index is 757. The molecule has 0 fully saturated rings. The van der Waals surface area contributed by atoms with Gasteiger partial charge in [-0.3, -0.25) is 0 Å². The fourth-order valence-corrected chi connectivity index (χ4v) is 2.96. The van der Waals surface area contributed by atoms with E-state index in [1.165, 1.54) is 11.1 Å². The molecular formula is C21H28N2O3. The number of nitrogens with one attached hydrogen (secondary N) is 2. The average molecular weight is 356 g/mol. The van der Waals surface area contributed by atoms with Gasteiger partial charge >= 0.3 is 6.03 Å². The zero-order chi connectivity index (χ0) is 19.2. The van der Waals surface area contributed by atoms with Crippen LogP contribution in [0, 0.1) is 6.92 Å². The minimum Gasteiger partial charge on any atom is -0.493 e. The van der Waals surface area contributed by atoms with E-state index in [2.05, 4.69) is 43.5 Å². The maximum Gasteiger partial charge on any atom is 0.315 e. The summed E-state index contributed by atoms with van der Waals surface area (Å²) in [7, 11) is 3.19. The smallest absolute Gasteiger partial charge is 0.315 e. The van der Waals surface area contributed by atoms with E-state index in [-0.39, 0.29) is 11.4 Å². The SMILES string of the molecule is COc1ccc(CNC(=O)NCC(C)(C)c2ccccc2C)cc1OC. The van der Waals surface area contributed by atoms with Crippen molar-refractivity contribution in [2.45, 2.75) is 32.7 Å². The lowest BCUT2D eigenvalue weighted by atomic mass is 9.82. The van der Waals surface area contributed by atoms with Crippen LogP contribution in [0.1, 0.15) is 30.5 Å². The number of rotatable bonds is 7. The highest BCUT2D eigenvalue weighted by Crippen LogP contribution is 2.27. The number of carbonyl (C=O) groups is 1. The maximum atomic E-state index is 12.2. The van der Waals surface area contributed by atoms with Crippen molar-refractivity contribution in [2.24, 2.45) is 0 Å². The second-order valence-electron chi connectivity index (χ2n) is 6.92. The Balaban J connectivity index is 1.90. The second kappa shape index (κ2) is 8.61. The summed E-state index contributed by atoms with van der Waals surface area (Å²) in [6.07, 6.45) is 0. The van der Waals surface area contributed by atoms with E-state index in [4.69, 9.17) is 9.47 Å². The molecule has 2 N–H and O–H groups in total. The van der Waals surface area contributed by atoms with Gasteiger partial charge in [-0.05, 0) is 35.7 Å². The minimum atomic E-state index is -0.193. The minimum absolute atomic E-state index is 0.147. The molecule has 26 heavy (non-hydrogen) atoms. The van der Waals surface area contributed by atoms with E-state index >= 15 is 0 Å². The van der Waals surface area contributed by atoms with E-state index in [9.17, 15) is 4.79 Å². The molecule has 0 radical (unpaired) electrons. The molecule has 2 rings (SSSR count). The first-order chi connectivity index (χ1) is 12.4. The summed E-state index contributed by atoms with van der Waals surface area (Å²) >= 11 is 0. The monoisotopic (exact) mass is 356 g/mol. The molecule has 0 saturated heterocycles. The molecule has 2 aromatic rings. The standard InChI is InChI=1S/C21H28N2O3/c1-15-8-6-7-9-17(15)21(2,3)14-23-20(24)22-13-16-10-11-18(25-4)19(12-16)26-5/h6-12H,13-14H2,1-5H3,(H2,22,23,24). The molecule has 0 spiro atoms. The van der Waals surface area contributed by atoms with Crippen molar-refractivity contribution >= 4 is 6.03 Å². The number of ether oxygens (including phenoxy) is 2. The first-order valence-corrected chi connectivity index (χ1v) is 8.66. The summed E-state index contributed by atoms with van der Waals surface area (Å²) in [6.45, 7) is 7.31. The third-order valence-corrected chi connectivity index (χ3v) is 4.47. The van der Waals surface area contributed by atoms with Crippen molar-refractivity contribution in [3.63, 3.8) is 0 Å². The van der Waals surface area contributed by atoms with Crippen LogP contribution in [-0.4, -0.2) is 26.8 Å². The number of urea groups is 1. The van der Waals surface area contributed by atoms with Crippen LogP contribution < -0.4 is 20.1 Å². The van der Waals surface area contributed by atoms with Crippen molar-refractivity contribution in [1.29, 1.82) is 0 Å². The number of carbonyl (C=O) groups excluding carboxylic acids is 1. The molecule has 0 atom stereocenters. The van der Waals surface area contributed by atoms with Crippen molar-refractivity contribution in [3.05, 3.63) is 59.2 Å². The molecule has 0 aliphatic carbocycles. The zero-order valence-corrected chi connectivity index (χ0v) is 16.2. The number of methoxy groups -OCH3 is 2. The van der Waals surface area contributed by atoms with E-state index in [0.717, 1.165) is 5.56 Å². The second-order valence-corrected chi connectivity index (χ2v) is 6.92. The third kappa shape index (κ3) is 4.91. The molecule has 140 valence electrons. The molecule has 0 unspecified atom stereocenters. The fraction of sp³-hybridized carbons (Fsp3) is 0.381. The topological polar surface area (TPSA) is 59.6 Å². The highest BCUT2D eigenvalue weighted by atomic mass is 16.5. The van der Waals surface area contributed by atoms with Gasteiger partial charge in [0, 0.05) is 18.5 Å². The van der Waals surface area contributed by atoms with E-state index in [1.54, 1.807) is 14.2 Å². The Labute approximate surface area is 155 Å². The largest absolute Gasteiger partial charge is 0.493 e. The Morgan fingerprint density at radius 3 is 2.35 bits per heavy atom. The first-order valence-electron chi connectivity index (χ1n) is 8.66. The van der Waals surface area contributed by atoms with Crippen LogP contribution in [0.5, 0.6) is 11.5 Å². The van der Waals surface area contributed by atoms with Crippen LogP contribution in [0.2, 0.25) is 0 Å². The van der Waals surface area contributed by atoms with Crippen molar-refractivity contribution in [1.82, 2.24) is 10.6 Å². The van der Waals surface area contributed by atoms with Gasteiger partial charge in [-0.25, -0.2) is 4.79 Å². The normalized spacial score (nSPS) is 11.0. The zero-order valence-electron chi connectivity index (χ0n) is 16.2. The van der Waals surface area contributed by atoms with Crippen molar-refractivity contribution < 1.29 is 14.3 Å². The number of hydrogen-bond donors (Lipinski definition) is 2. The van der Waals surface area contributed by atoms with Crippen LogP contribution >= 0.6 is 0 Å². The predicted molar refractivity (Wildman–Crippen MR) is 104 cm³/mol. The van der Waals surface area contributed by atoms with Gasteiger partial charge in [-0.15, -0.1) is 0 Å². The number of aryl methyl sites for hydroxylation is 1. The summed E-state index contributed by atoms with van der Waals surface area (Å²) in [5.41, 5.74) is 3.26. The Morgan fingerprint density at radius 2 is 1.69 bits per heavy atom. The molecule has 5 heteroatoms. The quantitative estimate of drug-likeness (QED) is 0.793. The summed E-state index contributed by atoms with van der Waals surface area (Å²) in [5.74, 6) is 1.31. The molecule has 0 heterocycles. The van der Waals surface area contributed by atoms with Gasteiger partial charge in [0.1, 0.15) is 0 Å². The van der Waals surface area contributed by atoms with E-state index in [1.807, 2.05) is 30.3 Å². The van der Waals surface area contributed by atoms with Gasteiger partial charge in [0.2, 0.25) is 0 Å². The van der Waals surface area contributed by atoms with Crippen LogP contribution in [0.3, 0.4) is 0 Å². The number of amides is 2. The van der Waals surface area contributed by atoms with Gasteiger partial charge in [-0.1, -0.05) is 44.2 Å². The maximum absolute atomic E-state index is 12.2. The Kier molecular flexibility index (Phi) is 6.50.